The van der Waals surface area contributed by atoms with Gasteiger partial charge in [0.15, 0.2) is 0 Å². The molecule has 0 aliphatic carbocycles. The van der Waals surface area contributed by atoms with Gasteiger partial charge in [0.25, 0.3) is 0 Å². The molecule has 1 nitrogen and oxygen atoms in total. The Balaban J connectivity index is 2.51. The molecule has 1 aliphatic rings. The summed E-state index contributed by atoms with van der Waals surface area (Å²) in [5, 5.41) is 9.52. The van der Waals surface area contributed by atoms with Crippen LogP contribution < -0.4 is 0 Å². The minimum atomic E-state index is -0.182. The van der Waals surface area contributed by atoms with Gasteiger partial charge in [-0.15, -0.1) is 30.1 Å². The van der Waals surface area contributed by atoms with Gasteiger partial charge in [-0.05, 0) is 44.1 Å². The van der Waals surface area contributed by atoms with Gasteiger partial charge in [0.05, 0.1) is 10.2 Å². The number of allylic oxidation sites excluding steroid dienone is 1. The van der Waals surface area contributed by atoms with Gasteiger partial charge < -0.3 is 5.11 Å². The molecule has 0 amide bonds. The zero-order chi connectivity index (χ0) is 10.4. The highest BCUT2D eigenvalue weighted by Crippen LogP contribution is 2.48. The first-order valence-corrected chi connectivity index (χ1v) is 7.22. The summed E-state index contributed by atoms with van der Waals surface area (Å²) in [7, 11) is 0. The summed E-state index contributed by atoms with van der Waals surface area (Å²) in [5.74, 6) is 2.49. The van der Waals surface area contributed by atoms with Crippen molar-refractivity contribution in [2.24, 2.45) is 0 Å². The summed E-state index contributed by atoms with van der Waals surface area (Å²) in [6, 6.07) is 0. The fourth-order valence-electron chi connectivity index (χ4n) is 1.75. The van der Waals surface area contributed by atoms with Gasteiger partial charge in [-0.3, -0.25) is 0 Å². The van der Waals surface area contributed by atoms with Gasteiger partial charge in [0.1, 0.15) is 0 Å². The molecule has 0 aromatic rings. The van der Waals surface area contributed by atoms with Crippen molar-refractivity contribution >= 4 is 23.5 Å². The quantitative estimate of drug-likeness (QED) is 0.735. The van der Waals surface area contributed by atoms with E-state index in [0.717, 1.165) is 19.3 Å². The minimum Gasteiger partial charge on any atom is -0.393 e. The van der Waals surface area contributed by atoms with Crippen molar-refractivity contribution in [2.45, 2.75) is 42.8 Å². The van der Waals surface area contributed by atoms with E-state index >= 15 is 0 Å². The lowest BCUT2D eigenvalue weighted by molar-refractivity contribution is 0.179. The Hall–Kier alpha value is 0.400. The van der Waals surface area contributed by atoms with E-state index in [0.29, 0.717) is 0 Å². The Morgan fingerprint density at radius 2 is 2.14 bits per heavy atom. The number of rotatable bonds is 5. The maximum atomic E-state index is 9.52. The standard InChI is InChI=1S/C11H20OS2/c1-3-4-6-11(9-10(2)12)13-7-5-8-14-11/h3,10,12H,1,4-9H2,2H3/t10-/m0/s1. The molecule has 1 aliphatic heterocycles. The van der Waals surface area contributed by atoms with Crippen LogP contribution in [-0.2, 0) is 0 Å². The van der Waals surface area contributed by atoms with Gasteiger partial charge in [0, 0.05) is 0 Å². The minimum absolute atomic E-state index is 0.182. The van der Waals surface area contributed by atoms with E-state index in [1.54, 1.807) is 0 Å². The smallest absolute Gasteiger partial charge is 0.0638 e. The van der Waals surface area contributed by atoms with E-state index in [1.165, 1.54) is 17.9 Å². The van der Waals surface area contributed by atoms with Crippen LogP contribution in [0.4, 0.5) is 0 Å². The molecule has 1 rings (SSSR count). The Morgan fingerprint density at radius 3 is 2.64 bits per heavy atom. The molecule has 0 saturated carbocycles. The van der Waals surface area contributed by atoms with Crippen LogP contribution >= 0.6 is 23.5 Å². The Bertz CT molecular complexity index is 174. The van der Waals surface area contributed by atoms with Crippen LogP contribution in [-0.4, -0.2) is 26.8 Å². The van der Waals surface area contributed by atoms with Crippen LogP contribution in [0, 0.1) is 0 Å². The number of thioether (sulfide) groups is 2. The Kier molecular flexibility index (Phi) is 5.42. The van der Waals surface area contributed by atoms with Crippen molar-refractivity contribution < 1.29 is 5.11 Å². The molecule has 0 radical (unpaired) electrons. The lowest BCUT2D eigenvalue weighted by Crippen LogP contribution is -2.29. The number of hydrogen-bond donors (Lipinski definition) is 1. The average Bonchev–Trinajstić information content (AvgIpc) is 2.15. The van der Waals surface area contributed by atoms with E-state index in [2.05, 4.69) is 6.58 Å². The molecule has 3 heteroatoms. The highest BCUT2D eigenvalue weighted by molar-refractivity contribution is 8.18. The summed E-state index contributed by atoms with van der Waals surface area (Å²) in [6.07, 6.45) is 6.24. The largest absolute Gasteiger partial charge is 0.393 e. The average molecular weight is 232 g/mol. The van der Waals surface area contributed by atoms with E-state index in [1.807, 2.05) is 36.5 Å². The molecule has 1 heterocycles. The summed E-state index contributed by atoms with van der Waals surface area (Å²) in [4.78, 5) is 0. The van der Waals surface area contributed by atoms with E-state index < -0.39 is 0 Å². The molecule has 0 spiro atoms. The maximum absolute atomic E-state index is 9.52. The van der Waals surface area contributed by atoms with Crippen LogP contribution in [0.2, 0.25) is 0 Å². The summed E-state index contributed by atoms with van der Waals surface area (Å²) in [5.41, 5.74) is 0. The fraction of sp³-hybridized carbons (Fsp3) is 0.818. The van der Waals surface area contributed by atoms with Crippen LogP contribution in [0.3, 0.4) is 0 Å². The lowest BCUT2D eigenvalue weighted by Gasteiger charge is -2.37. The monoisotopic (exact) mass is 232 g/mol. The number of aliphatic hydroxyl groups excluding tert-OH is 1. The molecule has 1 N–H and O–H groups in total. The van der Waals surface area contributed by atoms with Gasteiger partial charge in [-0.2, -0.15) is 0 Å². The fourth-order valence-corrected chi connectivity index (χ4v) is 5.33. The predicted molar refractivity (Wildman–Crippen MR) is 68.0 cm³/mol. The normalized spacial score (nSPS) is 23.0. The number of hydrogen-bond acceptors (Lipinski definition) is 3. The van der Waals surface area contributed by atoms with Gasteiger partial charge in [-0.1, -0.05) is 6.08 Å². The summed E-state index contributed by atoms with van der Waals surface area (Å²) in [6.45, 7) is 5.67. The number of aliphatic hydroxyl groups is 1. The van der Waals surface area contributed by atoms with Crippen LogP contribution in [0.15, 0.2) is 12.7 Å². The maximum Gasteiger partial charge on any atom is 0.0638 e. The highest BCUT2D eigenvalue weighted by Gasteiger charge is 2.33. The van der Waals surface area contributed by atoms with Crippen molar-refractivity contribution in [1.82, 2.24) is 0 Å². The topological polar surface area (TPSA) is 20.2 Å². The van der Waals surface area contributed by atoms with Crippen LogP contribution in [0.1, 0.15) is 32.6 Å². The van der Waals surface area contributed by atoms with Crippen molar-refractivity contribution in [3.63, 3.8) is 0 Å². The van der Waals surface area contributed by atoms with Crippen LogP contribution in [0.25, 0.3) is 0 Å². The van der Waals surface area contributed by atoms with Crippen molar-refractivity contribution in [3.05, 3.63) is 12.7 Å². The molecule has 0 bridgehead atoms. The second-order valence-corrected chi connectivity index (χ2v) is 7.06. The summed E-state index contributed by atoms with van der Waals surface area (Å²) < 4.78 is 0.264. The Morgan fingerprint density at radius 1 is 1.50 bits per heavy atom. The molecule has 14 heavy (non-hydrogen) atoms. The van der Waals surface area contributed by atoms with Gasteiger partial charge in [0.2, 0.25) is 0 Å². The first-order chi connectivity index (χ1) is 6.68. The third-order valence-corrected chi connectivity index (χ3v) is 5.84. The zero-order valence-electron chi connectivity index (χ0n) is 8.87. The molecular weight excluding hydrogens is 212 g/mol. The first kappa shape index (κ1) is 12.5. The van der Waals surface area contributed by atoms with E-state index in [4.69, 9.17) is 0 Å². The van der Waals surface area contributed by atoms with Gasteiger partial charge >= 0.3 is 0 Å². The zero-order valence-corrected chi connectivity index (χ0v) is 10.5. The molecule has 1 saturated heterocycles. The second-order valence-electron chi connectivity index (χ2n) is 3.84. The Labute approximate surface area is 95.7 Å². The van der Waals surface area contributed by atoms with E-state index in [-0.39, 0.29) is 10.2 Å². The van der Waals surface area contributed by atoms with Crippen molar-refractivity contribution in [2.75, 3.05) is 11.5 Å². The molecule has 0 unspecified atom stereocenters. The second kappa shape index (κ2) is 6.09. The van der Waals surface area contributed by atoms with Gasteiger partial charge in [-0.25, -0.2) is 0 Å². The van der Waals surface area contributed by atoms with Crippen LogP contribution in [0.5, 0.6) is 0 Å². The molecule has 0 aromatic carbocycles. The lowest BCUT2D eigenvalue weighted by atomic mass is 10.1. The van der Waals surface area contributed by atoms with E-state index in [9.17, 15) is 5.11 Å². The van der Waals surface area contributed by atoms with Crippen molar-refractivity contribution in [3.8, 4) is 0 Å². The summed E-state index contributed by atoms with van der Waals surface area (Å²) >= 11 is 4.07. The molecule has 1 fully saturated rings. The SMILES string of the molecule is C=CCCC1(C[C@H](C)O)SCCCS1. The molecular formula is C11H20OS2. The first-order valence-electron chi connectivity index (χ1n) is 5.25. The third kappa shape index (κ3) is 3.87. The highest BCUT2D eigenvalue weighted by atomic mass is 32.2. The predicted octanol–water partition coefficient (Wildman–Crippen LogP) is 3.29. The molecule has 82 valence electrons. The third-order valence-electron chi connectivity index (χ3n) is 2.35. The molecule has 1 atom stereocenters. The molecule has 0 aromatic heterocycles. The van der Waals surface area contributed by atoms with Crippen molar-refractivity contribution in [1.29, 1.82) is 0 Å².